The highest BCUT2D eigenvalue weighted by Gasteiger charge is 2.14. The van der Waals surface area contributed by atoms with Crippen molar-refractivity contribution in [3.05, 3.63) is 59.5 Å². The summed E-state index contributed by atoms with van der Waals surface area (Å²) in [5, 5.41) is 5.41. The van der Waals surface area contributed by atoms with Crippen LogP contribution in [0.3, 0.4) is 0 Å². The molecule has 0 aromatic carbocycles. The van der Waals surface area contributed by atoms with Crippen molar-refractivity contribution in [3.63, 3.8) is 0 Å². The summed E-state index contributed by atoms with van der Waals surface area (Å²) in [6.45, 7) is 3.59. The van der Waals surface area contributed by atoms with Gasteiger partial charge in [0.15, 0.2) is 0 Å². The Bertz CT molecular complexity index is 892. The lowest BCUT2D eigenvalue weighted by molar-refractivity contribution is 0.0946. The van der Waals surface area contributed by atoms with Crippen molar-refractivity contribution in [1.82, 2.24) is 20.3 Å². The molecule has 1 aliphatic heterocycles. The van der Waals surface area contributed by atoms with Crippen LogP contribution in [0.1, 0.15) is 16.1 Å². The van der Waals surface area contributed by atoms with Gasteiger partial charge < -0.3 is 15.0 Å². The van der Waals surface area contributed by atoms with Gasteiger partial charge in [0, 0.05) is 49.2 Å². The molecule has 1 aliphatic rings. The fraction of sp³-hybridized carbons (Fsp3) is 0.263. The Labute approximate surface area is 161 Å². The van der Waals surface area contributed by atoms with Crippen molar-refractivity contribution in [2.45, 2.75) is 6.54 Å². The molecule has 1 N–H and O–H groups in total. The second-order valence-electron chi connectivity index (χ2n) is 6.09. The number of carbonyl (C=O) groups is 1. The van der Waals surface area contributed by atoms with Crippen molar-refractivity contribution < 1.29 is 9.53 Å². The third-order valence-electron chi connectivity index (χ3n) is 4.24. The number of morpholine rings is 1. The molecule has 1 saturated heterocycles. The van der Waals surface area contributed by atoms with E-state index in [1.165, 1.54) is 11.3 Å². The standard InChI is InChI=1S/C19H19N5O2S/c25-18(22-11-14-2-1-5-20-10-14)16-13-27-19(23-16)15-3-4-17(21-12-15)24-6-8-26-9-7-24/h1-5,10,12-13H,6-9,11H2,(H,22,25). The lowest BCUT2D eigenvalue weighted by atomic mass is 10.2. The number of nitrogens with one attached hydrogen (secondary N) is 1. The average molecular weight is 381 g/mol. The largest absolute Gasteiger partial charge is 0.378 e. The SMILES string of the molecule is O=C(NCc1cccnc1)c1csc(-c2ccc(N3CCOCC3)nc2)n1. The Morgan fingerprint density at radius 2 is 2.11 bits per heavy atom. The van der Waals surface area contributed by atoms with Crippen molar-refractivity contribution in [3.8, 4) is 10.6 Å². The Balaban J connectivity index is 1.40. The minimum absolute atomic E-state index is 0.195. The molecule has 4 heterocycles. The van der Waals surface area contributed by atoms with E-state index in [0.717, 1.165) is 48.3 Å². The van der Waals surface area contributed by atoms with Crippen LogP contribution in [0.15, 0.2) is 48.2 Å². The molecule has 0 spiro atoms. The topological polar surface area (TPSA) is 80.2 Å². The predicted octanol–water partition coefficient (Wildman–Crippen LogP) is 2.37. The first kappa shape index (κ1) is 17.6. The Hall–Kier alpha value is -2.84. The fourth-order valence-corrected chi connectivity index (χ4v) is 3.57. The van der Waals surface area contributed by atoms with E-state index in [1.54, 1.807) is 24.0 Å². The summed E-state index contributed by atoms with van der Waals surface area (Å²) in [4.78, 5) is 27.5. The van der Waals surface area contributed by atoms with Crippen LogP contribution in [0, 0.1) is 0 Å². The highest BCUT2D eigenvalue weighted by atomic mass is 32.1. The molecule has 138 valence electrons. The summed E-state index contributed by atoms with van der Waals surface area (Å²) < 4.78 is 5.37. The Morgan fingerprint density at radius 3 is 2.85 bits per heavy atom. The lowest BCUT2D eigenvalue weighted by Gasteiger charge is -2.27. The second kappa shape index (κ2) is 8.24. The summed E-state index contributed by atoms with van der Waals surface area (Å²) in [6.07, 6.45) is 5.24. The molecule has 8 heteroatoms. The average Bonchev–Trinajstić information content (AvgIpc) is 3.24. The number of rotatable bonds is 5. The second-order valence-corrected chi connectivity index (χ2v) is 6.94. The van der Waals surface area contributed by atoms with Crippen LogP contribution in [0.4, 0.5) is 5.82 Å². The first-order valence-corrected chi connectivity index (χ1v) is 9.59. The zero-order chi connectivity index (χ0) is 18.5. The number of amides is 1. The van der Waals surface area contributed by atoms with E-state index in [-0.39, 0.29) is 5.91 Å². The predicted molar refractivity (Wildman–Crippen MR) is 104 cm³/mol. The van der Waals surface area contributed by atoms with Gasteiger partial charge >= 0.3 is 0 Å². The van der Waals surface area contributed by atoms with Crippen LogP contribution >= 0.6 is 11.3 Å². The Kier molecular flexibility index (Phi) is 5.36. The number of thiazole rings is 1. The Morgan fingerprint density at radius 1 is 1.22 bits per heavy atom. The van der Waals surface area contributed by atoms with E-state index in [0.29, 0.717) is 12.2 Å². The molecular weight excluding hydrogens is 362 g/mol. The summed E-state index contributed by atoms with van der Waals surface area (Å²) in [5.74, 6) is 0.743. The summed E-state index contributed by atoms with van der Waals surface area (Å²) in [5.41, 5.74) is 2.27. The zero-order valence-corrected chi connectivity index (χ0v) is 15.5. The molecule has 0 radical (unpaired) electrons. The van der Waals surface area contributed by atoms with Gasteiger partial charge in [-0.05, 0) is 23.8 Å². The number of hydrogen-bond acceptors (Lipinski definition) is 7. The maximum Gasteiger partial charge on any atom is 0.271 e. The molecule has 3 aromatic rings. The summed E-state index contributed by atoms with van der Waals surface area (Å²) in [6, 6.07) is 7.75. The molecule has 0 saturated carbocycles. The molecule has 0 bridgehead atoms. The molecule has 7 nitrogen and oxygen atoms in total. The minimum atomic E-state index is -0.195. The molecule has 4 rings (SSSR count). The van der Waals surface area contributed by atoms with E-state index in [9.17, 15) is 4.79 Å². The van der Waals surface area contributed by atoms with Crippen LogP contribution < -0.4 is 10.2 Å². The molecule has 1 fully saturated rings. The third-order valence-corrected chi connectivity index (χ3v) is 5.13. The molecule has 27 heavy (non-hydrogen) atoms. The fourth-order valence-electron chi connectivity index (χ4n) is 2.78. The van der Waals surface area contributed by atoms with E-state index in [4.69, 9.17) is 4.74 Å². The van der Waals surface area contributed by atoms with Crippen molar-refractivity contribution >= 4 is 23.1 Å². The van der Waals surface area contributed by atoms with Gasteiger partial charge in [-0.25, -0.2) is 9.97 Å². The molecule has 0 atom stereocenters. The van der Waals surface area contributed by atoms with E-state index >= 15 is 0 Å². The highest BCUT2D eigenvalue weighted by molar-refractivity contribution is 7.13. The maximum atomic E-state index is 12.3. The van der Waals surface area contributed by atoms with Gasteiger partial charge in [-0.15, -0.1) is 11.3 Å². The van der Waals surface area contributed by atoms with Gasteiger partial charge in [0.2, 0.25) is 0 Å². The number of anilines is 1. The normalized spacial score (nSPS) is 14.1. The summed E-state index contributed by atoms with van der Waals surface area (Å²) in [7, 11) is 0. The quantitative estimate of drug-likeness (QED) is 0.731. The van der Waals surface area contributed by atoms with E-state index in [2.05, 4.69) is 25.2 Å². The smallest absolute Gasteiger partial charge is 0.271 e. The van der Waals surface area contributed by atoms with Crippen LogP contribution in [0.2, 0.25) is 0 Å². The zero-order valence-electron chi connectivity index (χ0n) is 14.7. The molecule has 3 aromatic heterocycles. The van der Waals surface area contributed by atoms with Crippen LogP contribution in [0.25, 0.3) is 10.6 Å². The minimum Gasteiger partial charge on any atom is -0.378 e. The molecule has 0 unspecified atom stereocenters. The van der Waals surface area contributed by atoms with E-state index in [1.807, 2.05) is 24.3 Å². The summed E-state index contributed by atoms with van der Waals surface area (Å²) >= 11 is 1.44. The monoisotopic (exact) mass is 381 g/mol. The number of ether oxygens (including phenoxy) is 1. The van der Waals surface area contributed by atoms with Gasteiger partial charge in [0.05, 0.1) is 13.2 Å². The number of hydrogen-bond donors (Lipinski definition) is 1. The van der Waals surface area contributed by atoms with Crippen LogP contribution in [0.5, 0.6) is 0 Å². The van der Waals surface area contributed by atoms with Gasteiger partial charge in [0.25, 0.3) is 5.91 Å². The number of nitrogens with zero attached hydrogens (tertiary/aromatic N) is 4. The number of pyridine rings is 2. The van der Waals surface area contributed by atoms with E-state index < -0.39 is 0 Å². The highest BCUT2D eigenvalue weighted by Crippen LogP contribution is 2.25. The van der Waals surface area contributed by atoms with Gasteiger partial charge in [-0.2, -0.15) is 0 Å². The molecule has 1 amide bonds. The van der Waals surface area contributed by atoms with Crippen molar-refractivity contribution in [2.24, 2.45) is 0 Å². The first-order chi connectivity index (χ1) is 13.3. The van der Waals surface area contributed by atoms with Gasteiger partial charge in [0.1, 0.15) is 16.5 Å². The van der Waals surface area contributed by atoms with Crippen molar-refractivity contribution in [2.75, 3.05) is 31.2 Å². The lowest BCUT2D eigenvalue weighted by Crippen LogP contribution is -2.36. The maximum absolute atomic E-state index is 12.3. The molecular formula is C19H19N5O2S. The third kappa shape index (κ3) is 4.29. The first-order valence-electron chi connectivity index (χ1n) is 8.71. The van der Waals surface area contributed by atoms with Gasteiger partial charge in [-0.3, -0.25) is 9.78 Å². The van der Waals surface area contributed by atoms with Crippen LogP contribution in [-0.2, 0) is 11.3 Å². The number of aromatic nitrogens is 3. The molecule has 0 aliphatic carbocycles. The van der Waals surface area contributed by atoms with Gasteiger partial charge in [-0.1, -0.05) is 6.07 Å². The van der Waals surface area contributed by atoms with Crippen molar-refractivity contribution in [1.29, 1.82) is 0 Å². The number of carbonyl (C=O) groups excluding carboxylic acids is 1. The van der Waals surface area contributed by atoms with Crippen LogP contribution in [-0.4, -0.2) is 47.2 Å².